The second-order valence-electron chi connectivity index (χ2n) is 4.68. The molecule has 8 heteroatoms. The number of nitro groups is 1. The number of benzene rings is 1. The van der Waals surface area contributed by atoms with Crippen molar-refractivity contribution in [1.82, 2.24) is 0 Å². The second kappa shape index (κ2) is 6.08. The van der Waals surface area contributed by atoms with Crippen molar-refractivity contribution in [3.8, 4) is 6.07 Å². The van der Waals surface area contributed by atoms with Crippen molar-refractivity contribution in [2.75, 3.05) is 18.5 Å². The van der Waals surface area contributed by atoms with Gasteiger partial charge in [-0.1, -0.05) is 11.6 Å². The minimum absolute atomic E-state index is 0.0152. The Hall–Kier alpha value is -2.17. The monoisotopic (exact) mass is 309 g/mol. The van der Waals surface area contributed by atoms with Crippen LogP contribution in [-0.2, 0) is 9.53 Å². The molecule has 1 amide bonds. The topological polar surface area (TPSA) is 105 Å². The molecular weight excluding hydrogens is 298 g/mol. The Labute approximate surface area is 125 Å². The molecule has 110 valence electrons. The molecular formula is C13H12ClN3O4. The largest absolute Gasteiger partial charge is 0.381 e. The van der Waals surface area contributed by atoms with Gasteiger partial charge in [-0.05, 0) is 25.0 Å². The predicted octanol–water partition coefficient (Wildman–Crippen LogP) is 2.51. The lowest BCUT2D eigenvalue weighted by Crippen LogP contribution is -2.40. The lowest BCUT2D eigenvalue weighted by Gasteiger charge is -2.29. The maximum atomic E-state index is 12.4. The molecule has 0 saturated carbocycles. The van der Waals surface area contributed by atoms with E-state index >= 15 is 0 Å². The van der Waals surface area contributed by atoms with Crippen LogP contribution >= 0.6 is 11.6 Å². The Morgan fingerprint density at radius 3 is 2.71 bits per heavy atom. The third kappa shape index (κ3) is 3.12. The zero-order valence-corrected chi connectivity index (χ0v) is 11.7. The maximum absolute atomic E-state index is 12.4. The number of hydrogen-bond acceptors (Lipinski definition) is 5. The summed E-state index contributed by atoms with van der Waals surface area (Å²) < 4.78 is 5.15. The van der Waals surface area contributed by atoms with Crippen LogP contribution in [0.3, 0.4) is 0 Å². The maximum Gasteiger partial charge on any atom is 0.292 e. The van der Waals surface area contributed by atoms with Crippen LogP contribution in [0.1, 0.15) is 12.8 Å². The molecule has 0 spiro atoms. The van der Waals surface area contributed by atoms with Crippen molar-refractivity contribution in [3.63, 3.8) is 0 Å². The quantitative estimate of drug-likeness (QED) is 0.682. The summed E-state index contributed by atoms with van der Waals surface area (Å²) in [6.07, 6.45) is 0.507. The van der Waals surface area contributed by atoms with Crippen LogP contribution in [0.4, 0.5) is 11.4 Å². The van der Waals surface area contributed by atoms with E-state index in [9.17, 15) is 20.2 Å². The fraction of sp³-hybridized carbons (Fsp3) is 0.385. The van der Waals surface area contributed by atoms with Gasteiger partial charge < -0.3 is 10.1 Å². The van der Waals surface area contributed by atoms with E-state index in [1.54, 1.807) is 0 Å². The zero-order chi connectivity index (χ0) is 15.5. The number of nitrogens with zero attached hydrogens (tertiary/aromatic N) is 2. The Balaban J connectivity index is 2.29. The first-order valence-corrected chi connectivity index (χ1v) is 6.61. The number of nitrogens with one attached hydrogen (secondary N) is 1. The molecule has 0 unspecified atom stereocenters. The summed E-state index contributed by atoms with van der Waals surface area (Å²) in [6.45, 7) is 0.608. The van der Waals surface area contributed by atoms with Crippen LogP contribution in [0.15, 0.2) is 18.2 Å². The summed E-state index contributed by atoms with van der Waals surface area (Å²) >= 11 is 5.80. The predicted molar refractivity (Wildman–Crippen MR) is 74.8 cm³/mol. The summed E-state index contributed by atoms with van der Waals surface area (Å²) in [5.74, 6) is -0.571. The summed E-state index contributed by atoms with van der Waals surface area (Å²) in [7, 11) is 0. The van der Waals surface area contributed by atoms with Crippen LogP contribution in [-0.4, -0.2) is 24.0 Å². The van der Waals surface area contributed by atoms with Gasteiger partial charge >= 0.3 is 0 Å². The number of anilines is 1. The molecule has 2 rings (SSSR count). The van der Waals surface area contributed by atoms with E-state index in [1.165, 1.54) is 18.2 Å². The smallest absolute Gasteiger partial charge is 0.292 e. The highest BCUT2D eigenvalue weighted by atomic mass is 35.5. The third-order valence-corrected chi connectivity index (χ3v) is 3.63. The van der Waals surface area contributed by atoms with E-state index < -0.39 is 16.2 Å². The van der Waals surface area contributed by atoms with Crippen LogP contribution in [0.5, 0.6) is 0 Å². The third-order valence-electron chi connectivity index (χ3n) is 3.40. The molecule has 1 fully saturated rings. The van der Waals surface area contributed by atoms with Gasteiger partial charge in [0, 0.05) is 24.3 Å². The van der Waals surface area contributed by atoms with Crippen LogP contribution in [0.25, 0.3) is 0 Å². The highest BCUT2D eigenvalue weighted by molar-refractivity contribution is 6.31. The second-order valence-corrected chi connectivity index (χ2v) is 5.12. The standard InChI is InChI=1S/C13H12ClN3O4/c14-9-1-2-11(17(19)20)10(7-9)16-12(18)13(8-15)3-5-21-6-4-13/h1-2,7H,3-6H2,(H,16,18). The number of ether oxygens (including phenoxy) is 1. The summed E-state index contributed by atoms with van der Waals surface area (Å²) in [6, 6.07) is 5.87. The fourth-order valence-electron chi connectivity index (χ4n) is 2.12. The average Bonchev–Trinajstić information content (AvgIpc) is 2.47. The minimum atomic E-state index is -1.23. The summed E-state index contributed by atoms with van der Waals surface area (Å²) in [5, 5.41) is 23.0. The van der Waals surface area contributed by atoms with Gasteiger partial charge in [-0.25, -0.2) is 0 Å². The number of amides is 1. The Bertz CT molecular complexity index is 620. The average molecular weight is 310 g/mol. The molecule has 0 aromatic heterocycles. The summed E-state index contributed by atoms with van der Waals surface area (Å²) in [4.78, 5) is 22.7. The number of hydrogen-bond donors (Lipinski definition) is 1. The Kier molecular flexibility index (Phi) is 4.40. The molecule has 21 heavy (non-hydrogen) atoms. The van der Waals surface area contributed by atoms with E-state index in [-0.39, 0.29) is 29.2 Å². The van der Waals surface area contributed by atoms with Gasteiger partial charge in [-0.3, -0.25) is 14.9 Å². The van der Waals surface area contributed by atoms with E-state index in [1.807, 2.05) is 6.07 Å². The van der Waals surface area contributed by atoms with E-state index in [0.717, 1.165) is 0 Å². The van der Waals surface area contributed by atoms with Gasteiger partial charge in [0.05, 0.1) is 11.0 Å². The lowest BCUT2D eigenvalue weighted by atomic mass is 9.81. The molecule has 1 aliphatic heterocycles. The van der Waals surface area contributed by atoms with Gasteiger partial charge in [-0.15, -0.1) is 0 Å². The summed E-state index contributed by atoms with van der Waals surface area (Å²) in [5.41, 5.74) is -1.51. The molecule has 1 saturated heterocycles. The van der Waals surface area contributed by atoms with Crippen molar-refractivity contribution in [2.24, 2.45) is 5.41 Å². The van der Waals surface area contributed by atoms with E-state index in [2.05, 4.69) is 5.32 Å². The molecule has 1 heterocycles. The highest BCUT2D eigenvalue weighted by Crippen LogP contribution is 2.34. The Morgan fingerprint density at radius 1 is 1.48 bits per heavy atom. The zero-order valence-electron chi connectivity index (χ0n) is 11.0. The lowest BCUT2D eigenvalue weighted by molar-refractivity contribution is -0.383. The van der Waals surface area contributed by atoms with Gasteiger partial charge in [0.1, 0.15) is 11.1 Å². The first-order chi connectivity index (χ1) is 9.98. The van der Waals surface area contributed by atoms with Crippen molar-refractivity contribution in [3.05, 3.63) is 33.3 Å². The molecule has 0 radical (unpaired) electrons. The molecule has 0 atom stereocenters. The van der Waals surface area contributed by atoms with Crippen molar-refractivity contribution in [2.45, 2.75) is 12.8 Å². The number of carbonyl (C=O) groups excluding carboxylic acids is 1. The number of rotatable bonds is 3. The van der Waals surface area contributed by atoms with Gasteiger partial charge in [-0.2, -0.15) is 5.26 Å². The van der Waals surface area contributed by atoms with Crippen LogP contribution in [0, 0.1) is 26.9 Å². The molecule has 0 aliphatic carbocycles. The molecule has 1 aromatic carbocycles. The Morgan fingerprint density at radius 2 is 2.14 bits per heavy atom. The van der Waals surface area contributed by atoms with Gasteiger partial charge in [0.2, 0.25) is 5.91 Å². The van der Waals surface area contributed by atoms with Crippen molar-refractivity contribution in [1.29, 1.82) is 5.26 Å². The fourth-order valence-corrected chi connectivity index (χ4v) is 2.29. The first kappa shape index (κ1) is 15.2. The van der Waals surface area contributed by atoms with Crippen LogP contribution in [0.2, 0.25) is 5.02 Å². The molecule has 0 bridgehead atoms. The molecule has 1 aromatic rings. The number of halogens is 1. The normalized spacial score (nSPS) is 16.8. The first-order valence-electron chi connectivity index (χ1n) is 6.23. The molecule has 1 aliphatic rings. The number of nitro benzene ring substituents is 1. The van der Waals surface area contributed by atoms with Crippen molar-refractivity contribution < 1.29 is 14.5 Å². The highest BCUT2D eigenvalue weighted by Gasteiger charge is 2.41. The SMILES string of the molecule is N#CC1(C(=O)Nc2cc(Cl)ccc2[N+](=O)[O-])CCOCC1. The molecule has 7 nitrogen and oxygen atoms in total. The van der Waals surface area contributed by atoms with E-state index in [4.69, 9.17) is 16.3 Å². The van der Waals surface area contributed by atoms with Crippen molar-refractivity contribution >= 4 is 28.9 Å². The van der Waals surface area contributed by atoms with Gasteiger partial charge in [0.15, 0.2) is 0 Å². The number of carbonyl (C=O) groups is 1. The van der Waals surface area contributed by atoms with E-state index in [0.29, 0.717) is 13.2 Å². The van der Waals surface area contributed by atoms with Crippen LogP contribution < -0.4 is 5.32 Å². The minimum Gasteiger partial charge on any atom is -0.381 e. The molecule has 1 N–H and O–H groups in total. The van der Waals surface area contributed by atoms with Gasteiger partial charge in [0.25, 0.3) is 5.69 Å². The number of nitriles is 1.